The van der Waals surface area contributed by atoms with Crippen LogP contribution >= 0.6 is 0 Å². The van der Waals surface area contributed by atoms with E-state index in [1.807, 2.05) is 43.0 Å². The molecule has 4 rings (SSSR count). The Hall–Kier alpha value is -3.73. The molecule has 0 bridgehead atoms. The van der Waals surface area contributed by atoms with E-state index in [0.717, 1.165) is 72.6 Å². The van der Waals surface area contributed by atoms with Gasteiger partial charge in [0.15, 0.2) is 5.78 Å². The Balaban J connectivity index is 0.000000676. The number of Topliss-reactive ketones (excluding diaryl/α,β-unsaturated/α-hetero) is 1. The molecule has 0 aliphatic carbocycles. The number of aldehydes is 1. The van der Waals surface area contributed by atoms with Crippen LogP contribution in [0.5, 0.6) is 0 Å². The van der Waals surface area contributed by atoms with Crippen LogP contribution in [0.1, 0.15) is 109 Å². The van der Waals surface area contributed by atoms with Crippen LogP contribution < -0.4 is 5.32 Å². The molecule has 0 saturated carbocycles. The number of hydrogen-bond donors (Lipinski definition) is 1. The third kappa shape index (κ3) is 13.1. The summed E-state index contributed by atoms with van der Waals surface area (Å²) >= 11 is 0. The molecule has 2 aromatic rings. The summed E-state index contributed by atoms with van der Waals surface area (Å²) in [5.41, 5.74) is 7.76. The molecule has 2 unspecified atom stereocenters. The van der Waals surface area contributed by atoms with Crippen molar-refractivity contribution in [2.75, 3.05) is 39.6 Å². The molecule has 2 heterocycles. The second-order valence-electron chi connectivity index (χ2n) is 13.3. The Morgan fingerprint density at radius 1 is 0.980 bits per heavy atom. The molecule has 0 aromatic heterocycles. The molecule has 51 heavy (non-hydrogen) atoms. The average Bonchev–Trinajstić information content (AvgIpc) is 3.44. The molecule has 1 radical (unpaired) electrons. The molecule has 2 atom stereocenters. The van der Waals surface area contributed by atoms with Crippen LogP contribution in [-0.4, -0.2) is 87.5 Å². The summed E-state index contributed by atoms with van der Waals surface area (Å²) in [5, 5.41) is 2.58. The third-order valence-corrected chi connectivity index (χ3v) is 9.43. The first-order valence-corrected chi connectivity index (χ1v) is 18.4. The molecule has 2 aromatic carbocycles. The number of nitrogens with zero attached hydrogens (tertiary/aromatic N) is 1. The summed E-state index contributed by atoms with van der Waals surface area (Å²) in [6, 6.07) is 11.8. The van der Waals surface area contributed by atoms with Crippen molar-refractivity contribution in [2.24, 2.45) is 5.92 Å². The van der Waals surface area contributed by atoms with Crippen LogP contribution in [0.2, 0.25) is 0 Å². The van der Waals surface area contributed by atoms with E-state index in [1.165, 1.54) is 11.1 Å². The van der Waals surface area contributed by atoms with E-state index in [0.29, 0.717) is 77.0 Å². The summed E-state index contributed by atoms with van der Waals surface area (Å²) in [4.78, 5) is 48.3. The van der Waals surface area contributed by atoms with E-state index >= 15 is 0 Å². The van der Waals surface area contributed by atoms with E-state index in [9.17, 15) is 19.2 Å². The van der Waals surface area contributed by atoms with Crippen molar-refractivity contribution in [3.05, 3.63) is 81.9 Å². The zero-order valence-electron chi connectivity index (χ0n) is 31.1. The van der Waals surface area contributed by atoms with Crippen molar-refractivity contribution < 1.29 is 33.4 Å². The van der Waals surface area contributed by atoms with E-state index in [2.05, 4.69) is 31.0 Å². The minimum absolute atomic E-state index is 0.0215. The molecule has 1 fully saturated rings. The summed E-state index contributed by atoms with van der Waals surface area (Å²) in [6.45, 7) is 15.7. The minimum atomic E-state index is -0.123. The summed E-state index contributed by atoms with van der Waals surface area (Å²) in [7, 11) is 5.45. The van der Waals surface area contributed by atoms with Crippen molar-refractivity contribution in [3.63, 3.8) is 0 Å². The van der Waals surface area contributed by atoms with E-state index < -0.39 is 0 Å². The average molecular weight is 700 g/mol. The van der Waals surface area contributed by atoms with Gasteiger partial charge in [0.1, 0.15) is 6.29 Å². The molecule has 1 saturated heterocycles. The summed E-state index contributed by atoms with van der Waals surface area (Å²) in [6.07, 6.45) is 7.78. The Labute approximate surface area is 305 Å². The number of carbonyl (C=O) groups excluding carboxylic acids is 4. The first-order chi connectivity index (χ1) is 24.6. The van der Waals surface area contributed by atoms with Crippen molar-refractivity contribution >= 4 is 37.0 Å². The quantitative estimate of drug-likeness (QED) is 0.0579. The van der Waals surface area contributed by atoms with Gasteiger partial charge in [0, 0.05) is 37.3 Å². The number of benzene rings is 2. The Kier molecular flexibility index (Phi) is 18.2. The number of amides is 2. The molecular weight excluding hydrogens is 643 g/mol. The predicted octanol–water partition coefficient (Wildman–Crippen LogP) is 5.78. The zero-order valence-corrected chi connectivity index (χ0v) is 31.1. The van der Waals surface area contributed by atoms with Crippen LogP contribution in [0.15, 0.2) is 48.6 Å². The Morgan fingerprint density at radius 2 is 1.59 bits per heavy atom. The fourth-order valence-corrected chi connectivity index (χ4v) is 6.54. The van der Waals surface area contributed by atoms with Crippen LogP contribution in [0.4, 0.5) is 0 Å². The van der Waals surface area contributed by atoms with Crippen LogP contribution in [0, 0.1) is 5.92 Å². The van der Waals surface area contributed by atoms with Gasteiger partial charge in [-0.05, 0) is 80.7 Å². The molecule has 10 heteroatoms. The van der Waals surface area contributed by atoms with Crippen LogP contribution in [0.3, 0.4) is 0 Å². The number of nitrogens with one attached hydrogen (secondary N) is 1. The number of piperidine rings is 1. The van der Waals surface area contributed by atoms with Crippen LogP contribution in [0.25, 0.3) is 0 Å². The van der Waals surface area contributed by atoms with Gasteiger partial charge in [-0.2, -0.15) is 0 Å². The molecule has 275 valence electrons. The van der Waals surface area contributed by atoms with Gasteiger partial charge in [-0.3, -0.25) is 9.59 Å². The number of ketones is 1. The van der Waals surface area contributed by atoms with Gasteiger partial charge in [-0.15, -0.1) is 0 Å². The zero-order chi connectivity index (χ0) is 37.2. The number of carbonyl (C=O) groups is 4. The molecule has 9 nitrogen and oxygen atoms in total. The number of fused-ring (bicyclic) bond motifs is 1. The van der Waals surface area contributed by atoms with E-state index in [-0.39, 0.29) is 23.6 Å². The van der Waals surface area contributed by atoms with Gasteiger partial charge in [0.2, 0.25) is 0 Å². The molecular formula is C41H56BN2O7. The Morgan fingerprint density at radius 3 is 2.16 bits per heavy atom. The molecule has 1 N–H and O–H groups in total. The number of aryl methyl sites for hydroxylation is 2. The monoisotopic (exact) mass is 699 g/mol. The van der Waals surface area contributed by atoms with Gasteiger partial charge >= 0.3 is 54.8 Å². The SMILES string of the molecule is C=C(C)C(CCC=O)N1Cc2c(CCCOCCOCCOCCCc3cccc(C(C)=O)c3CC)cccc2C1=O.[B]=C1NC(=O)CCC1C. The summed E-state index contributed by atoms with van der Waals surface area (Å²) in [5.74, 6) is 0.539. The van der Waals surface area contributed by atoms with Crippen molar-refractivity contribution in [3.8, 4) is 0 Å². The second kappa shape index (κ2) is 22.3. The standard InChI is InChI=1S/C35H47NO6.C6H9BNO/c1-5-30-28(11-6-15-31(30)27(4)38)13-9-19-40-21-23-42-24-22-41-20-10-14-29-12-7-16-32-33(29)25-36(35(32)39)34(26(2)3)17-8-18-37;1-4-2-3-5(9)8-6(4)7/h6-7,11-12,15-16,18,34H,2,5,8-10,13-14,17,19-25H2,1,3-4H3;4H,2-3H2,1H3,(H,8,9). The fourth-order valence-electron chi connectivity index (χ4n) is 6.54. The van der Waals surface area contributed by atoms with Gasteiger partial charge in [0.25, 0.3) is 5.91 Å². The van der Waals surface area contributed by atoms with Gasteiger partial charge in [0.05, 0.1) is 32.5 Å². The van der Waals surface area contributed by atoms with Crippen molar-refractivity contribution in [2.45, 2.75) is 98.1 Å². The topological polar surface area (TPSA) is 111 Å². The van der Waals surface area contributed by atoms with E-state index in [4.69, 9.17) is 21.7 Å². The van der Waals surface area contributed by atoms with Gasteiger partial charge < -0.3 is 23.9 Å². The number of hydrogen-bond acceptors (Lipinski definition) is 7. The first kappa shape index (κ1) is 41.7. The second-order valence-corrected chi connectivity index (χ2v) is 13.3. The first-order valence-electron chi connectivity index (χ1n) is 18.4. The van der Waals surface area contributed by atoms with Crippen LogP contribution in [-0.2, 0) is 49.6 Å². The number of ether oxygens (including phenoxy) is 3. The van der Waals surface area contributed by atoms with Gasteiger partial charge in [-0.25, -0.2) is 0 Å². The summed E-state index contributed by atoms with van der Waals surface area (Å²) < 4.78 is 17.1. The molecule has 2 amide bonds. The maximum absolute atomic E-state index is 13.1. The van der Waals surface area contributed by atoms with Crippen molar-refractivity contribution in [1.82, 2.24) is 10.2 Å². The fraction of sp³-hybridized carbons (Fsp3) is 0.537. The van der Waals surface area contributed by atoms with Gasteiger partial charge in [-0.1, -0.05) is 49.4 Å². The normalized spacial score (nSPS) is 15.9. The molecule has 0 spiro atoms. The molecule has 2 aliphatic rings. The van der Waals surface area contributed by atoms with Crippen molar-refractivity contribution in [1.29, 1.82) is 0 Å². The molecule has 2 aliphatic heterocycles. The maximum atomic E-state index is 13.1. The Bertz CT molecular complexity index is 1510. The number of rotatable bonds is 21. The predicted molar refractivity (Wildman–Crippen MR) is 202 cm³/mol. The third-order valence-electron chi connectivity index (χ3n) is 9.43. The van der Waals surface area contributed by atoms with E-state index in [1.54, 1.807) is 6.92 Å².